The van der Waals surface area contributed by atoms with E-state index in [0.717, 1.165) is 0 Å². The fourth-order valence-corrected chi connectivity index (χ4v) is 4.01. The second-order valence-corrected chi connectivity index (χ2v) is 7.95. The molecule has 0 radical (unpaired) electrons. The number of rotatable bonds is 3. The van der Waals surface area contributed by atoms with E-state index in [9.17, 15) is 22.6 Å². The normalized spacial score (nSPS) is 12.2. The maximum atomic E-state index is 12.8. The Bertz CT molecular complexity index is 1270. The first-order valence-electron chi connectivity index (χ1n) is 8.43. The van der Waals surface area contributed by atoms with E-state index in [1.165, 1.54) is 24.3 Å². The number of hydrogen-bond acceptors (Lipinski definition) is 6. The number of carbonyl (C=O) groups is 2. The van der Waals surface area contributed by atoms with Crippen LogP contribution in [0.1, 0.15) is 37.4 Å². The van der Waals surface area contributed by atoms with E-state index in [-0.39, 0.29) is 62.7 Å². The maximum Gasteiger partial charge on any atom is 1.00 e. The average Bonchev–Trinajstić information content (AvgIpc) is 2.66. The van der Waals surface area contributed by atoms with E-state index in [4.69, 9.17) is 0 Å². The SMILES string of the molecule is Cc1ccc(Nc2ccc3c(c2)C(=O)c2ccccc2C3=O)c(S(=O)(=O)O)c1.[Na+].[OH-]. The second-order valence-electron chi connectivity index (χ2n) is 6.56. The summed E-state index contributed by atoms with van der Waals surface area (Å²) in [5.74, 6) is -0.501. The topological polar surface area (TPSA) is 131 Å². The summed E-state index contributed by atoms with van der Waals surface area (Å²) in [5.41, 5.74) is 2.51. The molecule has 4 rings (SSSR count). The molecule has 7 nitrogen and oxygen atoms in total. The van der Waals surface area contributed by atoms with Gasteiger partial charge in [-0.05, 0) is 42.8 Å². The van der Waals surface area contributed by atoms with E-state index in [1.807, 2.05) is 0 Å². The van der Waals surface area contributed by atoms with E-state index in [1.54, 1.807) is 43.3 Å². The molecule has 3 aromatic rings. The fraction of sp³-hybridized carbons (Fsp3) is 0.0476. The molecule has 0 saturated heterocycles. The van der Waals surface area contributed by atoms with E-state index in [0.29, 0.717) is 27.9 Å². The van der Waals surface area contributed by atoms with Crippen LogP contribution in [0.2, 0.25) is 0 Å². The third kappa shape index (κ3) is 4.24. The molecule has 1 aliphatic rings. The average molecular weight is 433 g/mol. The van der Waals surface area contributed by atoms with Crippen LogP contribution in [0.4, 0.5) is 11.4 Å². The van der Waals surface area contributed by atoms with Crippen molar-refractivity contribution in [3.05, 3.63) is 88.5 Å². The Labute approximate surface area is 195 Å². The third-order valence-corrected chi connectivity index (χ3v) is 5.51. The van der Waals surface area contributed by atoms with Crippen LogP contribution in [0.3, 0.4) is 0 Å². The number of benzene rings is 3. The minimum atomic E-state index is -4.44. The number of fused-ring (bicyclic) bond motifs is 2. The molecule has 0 heterocycles. The Morgan fingerprint density at radius 3 is 1.97 bits per heavy atom. The fourth-order valence-electron chi connectivity index (χ4n) is 3.28. The van der Waals surface area contributed by atoms with Crippen LogP contribution in [-0.4, -0.2) is 30.0 Å². The van der Waals surface area contributed by atoms with E-state index in [2.05, 4.69) is 5.32 Å². The first-order chi connectivity index (χ1) is 13.3. The smallest absolute Gasteiger partial charge is 0.870 e. The van der Waals surface area contributed by atoms with Crippen LogP contribution in [-0.2, 0) is 10.1 Å². The summed E-state index contributed by atoms with van der Waals surface area (Å²) in [7, 11) is -4.44. The molecule has 0 saturated carbocycles. The summed E-state index contributed by atoms with van der Waals surface area (Å²) in [4.78, 5) is 25.2. The molecule has 148 valence electrons. The van der Waals surface area contributed by atoms with Gasteiger partial charge < -0.3 is 10.8 Å². The molecule has 0 bridgehead atoms. The predicted molar refractivity (Wildman–Crippen MR) is 106 cm³/mol. The number of ketones is 2. The van der Waals surface area contributed by atoms with Gasteiger partial charge in [-0.15, -0.1) is 0 Å². The number of anilines is 2. The van der Waals surface area contributed by atoms with E-state index < -0.39 is 10.1 Å². The number of nitrogens with one attached hydrogen (secondary N) is 1. The monoisotopic (exact) mass is 433 g/mol. The number of aryl methyl sites for hydroxylation is 1. The molecule has 0 fully saturated rings. The van der Waals surface area contributed by atoms with Crippen LogP contribution in [0.25, 0.3) is 0 Å². The molecule has 0 aromatic heterocycles. The molecule has 0 aliphatic heterocycles. The summed E-state index contributed by atoms with van der Waals surface area (Å²) in [6, 6.07) is 15.8. The van der Waals surface area contributed by atoms with Crippen molar-refractivity contribution >= 4 is 33.1 Å². The third-order valence-electron chi connectivity index (χ3n) is 4.62. The molecular weight excluding hydrogens is 417 g/mol. The van der Waals surface area contributed by atoms with Crippen molar-refractivity contribution in [1.82, 2.24) is 0 Å². The van der Waals surface area contributed by atoms with Gasteiger partial charge in [-0.3, -0.25) is 14.1 Å². The van der Waals surface area contributed by atoms with Crippen molar-refractivity contribution in [3.8, 4) is 0 Å². The summed E-state index contributed by atoms with van der Waals surface area (Å²) in [5, 5.41) is 2.91. The van der Waals surface area contributed by atoms with Gasteiger partial charge in [-0.2, -0.15) is 8.42 Å². The van der Waals surface area contributed by atoms with Crippen LogP contribution < -0.4 is 34.9 Å². The molecule has 0 atom stereocenters. The van der Waals surface area contributed by atoms with Gasteiger partial charge in [0.2, 0.25) is 0 Å². The Morgan fingerprint density at radius 2 is 1.37 bits per heavy atom. The molecule has 9 heteroatoms. The van der Waals surface area contributed by atoms with Crippen molar-refractivity contribution in [2.75, 3.05) is 5.32 Å². The van der Waals surface area contributed by atoms with E-state index >= 15 is 0 Å². The standard InChI is InChI=1S/C21H15NO5S.Na.H2O/c1-12-6-9-18(19(10-12)28(25,26)27)22-13-7-8-16-17(11-13)21(24)15-5-3-2-4-14(15)20(16)23;;/h2-11,22H,1H3,(H,25,26,27);;1H2/q;+1;/p-1. The van der Waals surface area contributed by atoms with Gasteiger partial charge in [0, 0.05) is 27.9 Å². The van der Waals surface area contributed by atoms with Gasteiger partial charge in [0.25, 0.3) is 10.1 Å². The maximum absolute atomic E-state index is 12.8. The van der Waals surface area contributed by atoms with Gasteiger partial charge in [0.15, 0.2) is 11.6 Å². The second kappa shape index (κ2) is 8.81. The van der Waals surface area contributed by atoms with Crippen LogP contribution in [0.5, 0.6) is 0 Å². The Balaban J connectivity index is 0.00000160. The van der Waals surface area contributed by atoms with Crippen LogP contribution >= 0.6 is 0 Å². The Kier molecular flexibility index (Phi) is 7.03. The largest absolute Gasteiger partial charge is 1.00 e. The molecule has 30 heavy (non-hydrogen) atoms. The van der Waals surface area contributed by atoms with Crippen molar-refractivity contribution < 1.29 is 57.6 Å². The van der Waals surface area contributed by atoms with Gasteiger partial charge in [-0.25, -0.2) is 0 Å². The Hall–Kier alpha value is -2.33. The quantitative estimate of drug-likeness (QED) is 0.357. The molecule has 0 amide bonds. The van der Waals surface area contributed by atoms with Crippen LogP contribution in [0.15, 0.2) is 65.6 Å². The zero-order valence-electron chi connectivity index (χ0n) is 16.2. The van der Waals surface area contributed by atoms with Crippen molar-refractivity contribution in [1.29, 1.82) is 0 Å². The minimum absolute atomic E-state index is 0. The Morgan fingerprint density at radius 1 is 0.800 bits per heavy atom. The molecule has 3 N–H and O–H groups in total. The zero-order valence-corrected chi connectivity index (χ0v) is 19.0. The summed E-state index contributed by atoms with van der Waals surface area (Å²) in [6.07, 6.45) is 0. The number of hydrogen-bond donors (Lipinski definition) is 2. The predicted octanol–water partition coefficient (Wildman–Crippen LogP) is 0.588. The first kappa shape index (κ1) is 23.9. The van der Waals surface area contributed by atoms with Gasteiger partial charge in [0.1, 0.15) is 4.90 Å². The molecule has 0 spiro atoms. The minimum Gasteiger partial charge on any atom is -0.870 e. The first-order valence-corrected chi connectivity index (χ1v) is 9.87. The van der Waals surface area contributed by atoms with Gasteiger partial charge in [-0.1, -0.05) is 30.3 Å². The van der Waals surface area contributed by atoms with Crippen molar-refractivity contribution in [3.63, 3.8) is 0 Å². The summed E-state index contributed by atoms with van der Waals surface area (Å²) in [6.45, 7) is 1.71. The molecule has 3 aromatic carbocycles. The number of carbonyl (C=O) groups excluding carboxylic acids is 2. The summed E-state index contributed by atoms with van der Waals surface area (Å²) < 4.78 is 32.8. The van der Waals surface area contributed by atoms with Gasteiger partial charge in [0.05, 0.1) is 5.69 Å². The molecule has 0 unspecified atom stereocenters. The summed E-state index contributed by atoms with van der Waals surface area (Å²) >= 11 is 0. The van der Waals surface area contributed by atoms with Crippen molar-refractivity contribution in [2.24, 2.45) is 0 Å². The van der Waals surface area contributed by atoms with Crippen LogP contribution in [0, 0.1) is 6.92 Å². The van der Waals surface area contributed by atoms with Gasteiger partial charge >= 0.3 is 29.6 Å². The van der Waals surface area contributed by atoms with Crippen molar-refractivity contribution in [2.45, 2.75) is 11.8 Å². The molecular formula is C21H16NNaO6S. The molecule has 1 aliphatic carbocycles. The zero-order chi connectivity index (χ0) is 20.1.